The zero-order chi connectivity index (χ0) is 14.4. The van der Waals surface area contributed by atoms with Gasteiger partial charge in [-0.15, -0.1) is 0 Å². The fourth-order valence-electron chi connectivity index (χ4n) is 1.64. The number of benzene rings is 1. The van der Waals surface area contributed by atoms with Crippen LogP contribution in [0.4, 0.5) is 0 Å². The van der Waals surface area contributed by atoms with Crippen molar-refractivity contribution in [3.63, 3.8) is 0 Å². The third-order valence-electron chi connectivity index (χ3n) is 2.52. The second-order valence-corrected chi connectivity index (χ2v) is 3.61. The molecule has 0 aliphatic rings. The summed E-state index contributed by atoms with van der Waals surface area (Å²) in [6.07, 6.45) is -1.46. The first-order chi connectivity index (χ1) is 9.08. The van der Waals surface area contributed by atoms with Gasteiger partial charge in [0.25, 0.3) is 0 Å². The van der Waals surface area contributed by atoms with Gasteiger partial charge in [-0.1, -0.05) is 0 Å². The van der Waals surface area contributed by atoms with Gasteiger partial charge in [-0.2, -0.15) is 0 Å². The third kappa shape index (κ3) is 3.29. The molecule has 1 aromatic carbocycles. The largest absolute Gasteiger partial charge is 0.497 e. The molecule has 0 heterocycles. The number of methoxy groups -OCH3 is 3. The molecule has 1 N–H and O–H groups in total. The van der Waals surface area contributed by atoms with E-state index >= 15 is 0 Å². The van der Waals surface area contributed by atoms with E-state index in [2.05, 4.69) is 0 Å². The number of aliphatic hydroxyl groups excluding tert-OH is 1. The average Bonchev–Trinajstić information content (AvgIpc) is 2.44. The van der Waals surface area contributed by atoms with Crippen LogP contribution in [0.5, 0.6) is 17.2 Å². The van der Waals surface area contributed by atoms with E-state index in [0.717, 1.165) is 0 Å². The summed E-state index contributed by atoms with van der Waals surface area (Å²) in [5.74, 6) is 0.316. The number of hydrogen-bond donors (Lipinski definition) is 1. The minimum atomic E-state index is -1.46. The molecule has 106 valence electrons. The standard InChI is InChI=1S/C13H18O6/c1-5-19-13(15)11(14)9-6-8(16-2)7-10(17-3)12(9)18-4/h6-7,11,14H,5H2,1-4H3. The first-order valence-corrected chi connectivity index (χ1v) is 5.73. The Labute approximate surface area is 111 Å². The highest BCUT2D eigenvalue weighted by molar-refractivity contribution is 5.78. The summed E-state index contributed by atoms with van der Waals surface area (Å²) in [4.78, 5) is 11.6. The van der Waals surface area contributed by atoms with Crippen molar-refractivity contribution in [3.05, 3.63) is 17.7 Å². The number of rotatable bonds is 6. The van der Waals surface area contributed by atoms with Crippen LogP contribution in [-0.2, 0) is 9.53 Å². The van der Waals surface area contributed by atoms with E-state index < -0.39 is 12.1 Å². The molecule has 0 amide bonds. The van der Waals surface area contributed by atoms with Gasteiger partial charge >= 0.3 is 5.97 Å². The first-order valence-electron chi connectivity index (χ1n) is 5.73. The lowest BCUT2D eigenvalue weighted by atomic mass is 10.1. The minimum Gasteiger partial charge on any atom is -0.497 e. The van der Waals surface area contributed by atoms with Crippen LogP contribution in [0, 0.1) is 0 Å². The molecule has 0 fully saturated rings. The van der Waals surface area contributed by atoms with Crippen LogP contribution in [0.3, 0.4) is 0 Å². The third-order valence-corrected chi connectivity index (χ3v) is 2.52. The van der Waals surface area contributed by atoms with E-state index in [-0.39, 0.29) is 17.9 Å². The highest BCUT2D eigenvalue weighted by Gasteiger charge is 2.26. The molecule has 0 saturated carbocycles. The van der Waals surface area contributed by atoms with Crippen molar-refractivity contribution in [1.29, 1.82) is 0 Å². The second kappa shape index (κ2) is 6.84. The SMILES string of the molecule is CCOC(=O)C(O)c1cc(OC)cc(OC)c1OC. The molecule has 1 unspecified atom stereocenters. The number of carbonyl (C=O) groups is 1. The van der Waals surface area contributed by atoms with Gasteiger partial charge in [0.2, 0.25) is 0 Å². The van der Waals surface area contributed by atoms with Crippen LogP contribution in [0.15, 0.2) is 12.1 Å². The number of carbonyl (C=O) groups excluding carboxylic acids is 1. The van der Waals surface area contributed by atoms with Gasteiger partial charge in [0.1, 0.15) is 5.75 Å². The Morgan fingerprint density at radius 2 is 1.89 bits per heavy atom. The Morgan fingerprint density at radius 1 is 1.21 bits per heavy atom. The van der Waals surface area contributed by atoms with Crippen LogP contribution in [0.1, 0.15) is 18.6 Å². The Balaban J connectivity index is 3.26. The van der Waals surface area contributed by atoms with Gasteiger partial charge in [-0.3, -0.25) is 0 Å². The van der Waals surface area contributed by atoms with Gasteiger partial charge < -0.3 is 24.1 Å². The van der Waals surface area contributed by atoms with Crippen molar-refractivity contribution < 1.29 is 28.8 Å². The molecule has 1 atom stereocenters. The highest BCUT2D eigenvalue weighted by atomic mass is 16.5. The molecule has 6 heteroatoms. The van der Waals surface area contributed by atoms with Crippen LogP contribution < -0.4 is 14.2 Å². The lowest BCUT2D eigenvalue weighted by molar-refractivity contribution is -0.153. The molecule has 0 spiro atoms. The van der Waals surface area contributed by atoms with Gasteiger partial charge in [-0.05, 0) is 13.0 Å². The molecule has 0 saturated heterocycles. The molecule has 0 aromatic heterocycles. The fraction of sp³-hybridized carbons (Fsp3) is 0.462. The fourth-order valence-corrected chi connectivity index (χ4v) is 1.64. The number of hydrogen-bond acceptors (Lipinski definition) is 6. The molecular formula is C13H18O6. The van der Waals surface area contributed by atoms with Crippen molar-refractivity contribution in [1.82, 2.24) is 0 Å². The maximum atomic E-state index is 11.6. The van der Waals surface area contributed by atoms with Crippen molar-refractivity contribution in [2.45, 2.75) is 13.0 Å². The van der Waals surface area contributed by atoms with Crippen molar-refractivity contribution in [3.8, 4) is 17.2 Å². The first kappa shape index (κ1) is 15.1. The summed E-state index contributed by atoms with van der Waals surface area (Å²) in [7, 11) is 4.35. The topological polar surface area (TPSA) is 74.2 Å². The zero-order valence-corrected chi connectivity index (χ0v) is 11.4. The Morgan fingerprint density at radius 3 is 2.37 bits per heavy atom. The molecule has 1 rings (SSSR count). The molecule has 0 aliphatic carbocycles. The number of ether oxygens (including phenoxy) is 4. The maximum Gasteiger partial charge on any atom is 0.339 e. The van der Waals surface area contributed by atoms with Crippen LogP contribution in [0.2, 0.25) is 0 Å². The number of esters is 1. The Kier molecular flexibility index (Phi) is 5.44. The van der Waals surface area contributed by atoms with Gasteiger partial charge in [0.05, 0.1) is 27.9 Å². The van der Waals surface area contributed by atoms with E-state index in [1.165, 1.54) is 27.4 Å². The van der Waals surface area contributed by atoms with E-state index in [9.17, 15) is 9.90 Å². The Hall–Kier alpha value is -1.95. The molecule has 6 nitrogen and oxygen atoms in total. The van der Waals surface area contributed by atoms with Crippen LogP contribution >= 0.6 is 0 Å². The second-order valence-electron chi connectivity index (χ2n) is 3.61. The summed E-state index contributed by atoms with van der Waals surface area (Å²) >= 11 is 0. The van der Waals surface area contributed by atoms with Gasteiger partial charge in [0, 0.05) is 11.6 Å². The van der Waals surface area contributed by atoms with Crippen molar-refractivity contribution in [2.24, 2.45) is 0 Å². The monoisotopic (exact) mass is 270 g/mol. The highest BCUT2D eigenvalue weighted by Crippen LogP contribution is 2.39. The van der Waals surface area contributed by atoms with Crippen LogP contribution in [-0.4, -0.2) is 39.0 Å². The molecule has 1 aromatic rings. The predicted molar refractivity (Wildman–Crippen MR) is 67.7 cm³/mol. The van der Waals surface area contributed by atoms with E-state index in [1.807, 2.05) is 0 Å². The van der Waals surface area contributed by atoms with E-state index in [0.29, 0.717) is 11.5 Å². The summed E-state index contributed by atoms with van der Waals surface area (Å²) < 4.78 is 20.2. The zero-order valence-electron chi connectivity index (χ0n) is 11.4. The normalized spacial score (nSPS) is 11.6. The average molecular weight is 270 g/mol. The molecule has 0 aliphatic heterocycles. The predicted octanol–water partition coefficient (Wildman–Crippen LogP) is 1.31. The summed E-state index contributed by atoms with van der Waals surface area (Å²) in [6.45, 7) is 1.84. The van der Waals surface area contributed by atoms with Gasteiger partial charge in [-0.25, -0.2) is 4.79 Å². The van der Waals surface area contributed by atoms with E-state index in [1.54, 1.807) is 13.0 Å². The molecule has 19 heavy (non-hydrogen) atoms. The summed E-state index contributed by atoms with van der Waals surface area (Å²) in [6, 6.07) is 3.10. The quantitative estimate of drug-likeness (QED) is 0.786. The lowest BCUT2D eigenvalue weighted by Crippen LogP contribution is -2.16. The Bertz CT molecular complexity index is 443. The van der Waals surface area contributed by atoms with E-state index in [4.69, 9.17) is 18.9 Å². The molecule has 0 radical (unpaired) electrons. The molecular weight excluding hydrogens is 252 g/mol. The van der Waals surface area contributed by atoms with Crippen LogP contribution in [0.25, 0.3) is 0 Å². The van der Waals surface area contributed by atoms with Crippen molar-refractivity contribution in [2.75, 3.05) is 27.9 Å². The van der Waals surface area contributed by atoms with Crippen molar-refractivity contribution >= 4 is 5.97 Å². The smallest absolute Gasteiger partial charge is 0.339 e. The maximum absolute atomic E-state index is 11.6. The number of aliphatic hydroxyl groups is 1. The summed E-state index contributed by atoms with van der Waals surface area (Å²) in [5.41, 5.74) is 0.233. The molecule has 0 bridgehead atoms. The minimum absolute atomic E-state index is 0.180. The van der Waals surface area contributed by atoms with Gasteiger partial charge in [0.15, 0.2) is 17.6 Å². The lowest BCUT2D eigenvalue weighted by Gasteiger charge is -2.17. The summed E-state index contributed by atoms with van der Waals surface area (Å²) in [5, 5.41) is 10.0.